The van der Waals surface area contributed by atoms with Gasteiger partial charge in [-0.25, -0.2) is 0 Å². The number of hydrogen-bond acceptors (Lipinski definition) is 2. The first-order chi connectivity index (χ1) is 7.89. The van der Waals surface area contributed by atoms with Crippen molar-refractivity contribution in [2.45, 2.75) is 47.5 Å². The summed E-state index contributed by atoms with van der Waals surface area (Å²) in [5, 5.41) is 3.56. The van der Waals surface area contributed by atoms with E-state index in [-0.39, 0.29) is 0 Å². The summed E-state index contributed by atoms with van der Waals surface area (Å²) in [5.74, 6) is 1.54. The van der Waals surface area contributed by atoms with Gasteiger partial charge < -0.3 is 10.2 Å². The second-order valence-corrected chi connectivity index (χ2v) is 7.12. The van der Waals surface area contributed by atoms with Gasteiger partial charge in [-0.3, -0.25) is 0 Å². The van der Waals surface area contributed by atoms with E-state index in [1.165, 1.54) is 32.5 Å². The van der Waals surface area contributed by atoms with Crippen LogP contribution in [0.5, 0.6) is 0 Å². The van der Waals surface area contributed by atoms with Crippen LogP contribution in [0.4, 0.5) is 0 Å². The Kier molecular flexibility index (Phi) is 5.94. The minimum Gasteiger partial charge on any atom is -0.316 e. The molecule has 0 amide bonds. The number of hydrogen-bond donors (Lipinski definition) is 1. The molecule has 17 heavy (non-hydrogen) atoms. The van der Waals surface area contributed by atoms with E-state index in [9.17, 15) is 0 Å². The van der Waals surface area contributed by atoms with Gasteiger partial charge >= 0.3 is 0 Å². The van der Waals surface area contributed by atoms with Crippen molar-refractivity contribution >= 4 is 0 Å². The lowest BCUT2D eigenvalue weighted by Crippen LogP contribution is -2.41. The van der Waals surface area contributed by atoms with Crippen molar-refractivity contribution in [1.82, 2.24) is 10.2 Å². The molecular weight excluding hydrogens is 208 g/mol. The molecule has 0 bridgehead atoms. The van der Waals surface area contributed by atoms with Gasteiger partial charge in [-0.1, -0.05) is 34.6 Å². The third-order valence-corrected chi connectivity index (χ3v) is 3.82. The summed E-state index contributed by atoms with van der Waals surface area (Å²) in [5.41, 5.74) is 0.579. The van der Waals surface area contributed by atoms with Gasteiger partial charge in [-0.05, 0) is 56.3 Å². The minimum absolute atomic E-state index is 0.579. The second kappa shape index (κ2) is 6.75. The molecule has 1 heterocycles. The Balaban J connectivity index is 2.13. The molecule has 1 unspecified atom stereocenters. The quantitative estimate of drug-likeness (QED) is 0.768. The molecule has 1 fully saturated rings. The summed E-state index contributed by atoms with van der Waals surface area (Å²) < 4.78 is 0. The molecule has 102 valence electrons. The highest BCUT2D eigenvalue weighted by atomic mass is 15.1. The first-order valence-corrected chi connectivity index (χ1v) is 7.32. The van der Waals surface area contributed by atoms with E-state index in [4.69, 9.17) is 0 Å². The summed E-state index contributed by atoms with van der Waals surface area (Å²) >= 11 is 0. The zero-order valence-electron chi connectivity index (χ0n) is 12.6. The van der Waals surface area contributed by atoms with Crippen molar-refractivity contribution in [1.29, 1.82) is 0 Å². The van der Waals surface area contributed by atoms with Crippen molar-refractivity contribution in [2.75, 3.05) is 32.7 Å². The smallest absolute Gasteiger partial charge is 0.00191 e. The topological polar surface area (TPSA) is 15.3 Å². The molecule has 0 aromatic heterocycles. The lowest BCUT2D eigenvalue weighted by molar-refractivity contribution is 0.119. The summed E-state index contributed by atoms with van der Waals surface area (Å²) in [7, 11) is 0. The van der Waals surface area contributed by atoms with Crippen molar-refractivity contribution in [3.63, 3.8) is 0 Å². The molecule has 0 aliphatic carbocycles. The molecule has 0 aromatic carbocycles. The fraction of sp³-hybridized carbons (Fsp3) is 1.00. The maximum absolute atomic E-state index is 3.56. The fourth-order valence-corrected chi connectivity index (χ4v) is 2.46. The van der Waals surface area contributed by atoms with Crippen LogP contribution in [0.25, 0.3) is 0 Å². The van der Waals surface area contributed by atoms with Gasteiger partial charge in [0.05, 0.1) is 0 Å². The van der Waals surface area contributed by atoms with Gasteiger partial charge in [0.2, 0.25) is 0 Å². The summed E-state index contributed by atoms with van der Waals surface area (Å²) in [6, 6.07) is 0. The van der Waals surface area contributed by atoms with E-state index < -0.39 is 0 Å². The normalized spacial score (nSPS) is 22.9. The molecule has 1 N–H and O–H groups in total. The van der Waals surface area contributed by atoms with Crippen molar-refractivity contribution in [3.05, 3.63) is 0 Å². The van der Waals surface area contributed by atoms with Gasteiger partial charge in [0, 0.05) is 6.54 Å². The summed E-state index contributed by atoms with van der Waals surface area (Å²) in [4.78, 5) is 2.65. The van der Waals surface area contributed by atoms with Gasteiger partial charge in [-0.2, -0.15) is 0 Å². The van der Waals surface area contributed by atoms with Gasteiger partial charge in [-0.15, -0.1) is 0 Å². The van der Waals surface area contributed by atoms with Crippen molar-refractivity contribution < 1.29 is 0 Å². The van der Waals surface area contributed by atoms with E-state index in [2.05, 4.69) is 44.8 Å². The Bertz CT molecular complexity index is 201. The molecule has 0 spiro atoms. The van der Waals surface area contributed by atoms with Gasteiger partial charge in [0.15, 0.2) is 0 Å². The highest BCUT2D eigenvalue weighted by Gasteiger charge is 2.25. The largest absolute Gasteiger partial charge is 0.316 e. The fourth-order valence-electron chi connectivity index (χ4n) is 2.46. The molecular formula is C15H32N2. The standard InChI is InChI=1S/C15H32N2/c1-13(2)10-16-11-14(3)12-17-8-6-15(4,5)7-9-17/h13-14,16H,6-12H2,1-5H3. The van der Waals surface area contributed by atoms with Crippen LogP contribution in [0.2, 0.25) is 0 Å². The highest BCUT2D eigenvalue weighted by Crippen LogP contribution is 2.29. The van der Waals surface area contributed by atoms with E-state index in [1.54, 1.807) is 0 Å². The predicted octanol–water partition coefficient (Wildman–Crippen LogP) is 2.99. The first kappa shape index (κ1) is 15.0. The number of nitrogens with one attached hydrogen (secondary N) is 1. The van der Waals surface area contributed by atoms with Crippen LogP contribution < -0.4 is 5.32 Å². The number of piperidine rings is 1. The molecule has 0 saturated carbocycles. The SMILES string of the molecule is CC(C)CNCC(C)CN1CCC(C)(C)CC1. The molecule has 1 rings (SSSR count). The second-order valence-electron chi connectivity index (χ2n) is 7.12. The number of rotatable bonds is 6. The van der Waals surface area contributed by atoms with E-state index in [0.717, 1.165) is 24.9 Å². The maximum atomic E-state index is 3.56. The van der Waals surface area contributed by atoms with Gasteiger partial charge in [0.25, 0.3) is 0 Å². The minimum atomic E-state index is 0.579. The van der Waals surface area contributed by atoms with Crippen molar-refractivity contribution in [2.24, 2.45) is 17.3 Å². The number of likely N-dealkylation sites (tertiary alicyclic amines) is 1. The zero-order valence-corrected chi connectivity index (χ0v) is 12.6. The van der Waals surface area contributed by atoms with Crippen molar-refractivity contribution in [3.8, 4) is 0 Å². The van der Waals surface area contributed by atoms with Crippen LogP contribution in [-0.2, 0) is 0 Å². The molecule has 2 heteroatoms. The van der Waals surface area contributed by atoms with E-state index >= 15 is 0 Å². The lowest BCUT2D eigenvalue weighted by Gasteiger charge is -2.38. The molecule has 2 nitrogen and oxygen atoms in total. The average molecular weight is 240 g/mol. The molecule has 1 aliphatic heterocycles. The lowest BCUT2D eigenvalue weighted by atomic mass is 9.82. The van der Waals surface area contributed by atoms with E-state index in [0.29, 0.717) is 5.41 Å². The average Bonchev–Trinajstić information content (AvgIpc) is 2.21. The summed E-state index contributed by atoms with van der Waals surface area (Å²) in [6.45, 7) is 17.9. The third-order valence-electron chi connectivity index (χ3n) is 3.82. The highest BCUT2D eigenvalue weighted by molar-refractivity contribution is 4.79. The Morgan fingerprint density at radius 3 is 2.18 bits per heavy atom. The Morgan fingerprint density at radius 2 is 1.65 bits per heavy atom. The van der Waals surface area contributed by atoms with Crippen LogP contribution >= 0.6 is 0 Å². The van der Waals surface area contributed by atoms with Crippen LogP contribution in [0.15, 0.2) is 0 Å². The Hall–Kier alpha value is -0.0800. The Labute approximate surface area is 108 Å². The van der Waals surface area contributed by atoms with Gasteiger partial charge in [0.1, 0.15) is 0 Å². The monoisotopic (exact) mass is 240 g/mol. The van der Waals surface area contributed by atoms with Crippen LogP contribution in [0.3, 0.4) is 0 Å². The molecule has 1 saturated heterocycles. The maximum Gasteiger partial charge on any atom is 0.00191 e. The van der Waals surface area contributed by atoms with Crippen LogP contribution in [-0.4, -0.2) is 37.6 Å². The number of nitrogens with zero attached hydrogens (tertiary/aromatic N) is 1. The van der Waals surface area contributed by atoms with E-state index in [1.807, 2.05) is 0 Å². The molecule has 1 atom stereocenters. The van der Waals surface area contributed by atoms with Crippen LogP contribution in [0, 0.1) is 17.3 Å². The molecule has 0 aromatic rings. The predicted molar refractivity (Wildman–Crippen MR) is 76.3 cm³/mol. The first-order valence-electron chi connectivity index (χ1n) is 7.32. The Morgan fingerprint density at radius 1 is 1.06 bits per heavy atom. The third kappa shape index (κ3) is 6.42. The molecule has 1 aliphatic rings. The molecule has 0 radical (unpaired) electrons. The van der Waals surface area contributed by atoms with Crippen LogP contribution in [0.1, 0.15) is 47.5 Å². The summed E-state index contributed by atoms with van der Waals surface area (Å²) in [6.07, 6.45) is 2.72. The zero-order chi connectivity index (χ0) is 12.9.